The molecule has 0 fully saturated rings. The Balaban J connectivity index is 1.73. The predicted octanol–water partition coefficient (Wildman–Crippen LogP) is 0.890. The molecule has 2 aliphatic rings. The Morgan fingerprint density at radius 1 is 1.33 bits per heavy atom. The van der Waals surface area contributed by atoms with Crippen LogP contribution in [-0.2, 0) is 17.5 Å². The highest BCUT2D eigenvalue weighted by atomic mass is 16.5. The molecule has 3 rings (SSSR count). The zero-order chi connectivity index (χ0) is 12.4. The summed E-state index contributed by atoms with van der Waals surface area (Å²) < 4.78 is 5.26. The van der Waals surface area contributed by atoms with Gasteiger partial charge in [-0.25, -0.2) is 0 Å². The van der Waals surface area contributed by atoms with E-state index in [-0.39, 0.29) is 0 Å². The number of rotatable bonds is 3. The average molecular weight is 241 g/mol. The van der Waals surface area contributed by atoms with Crippen LogP contribution in [0, 0.1) is 0 Å². The average Bonchev–Trinajstić information content (AvgIpc) is 2.90. The second kappa shape index (κ2) is 5.08. The third-order valence-electron chi connectivity index (χ3n) is 3.50. The molecule has 2 heterocycles. The van der Waals surface area contributed by atoms with Gasteiger partial charge in [0.05, 0.1) is 6.54 Å². The molecule has 1 aromatic rings. The molecule has 0 saturated heterocycles. The van der Waals surface area contributed by atoms with E-state index < -0.39 is 7.12 Å². The maximum absolute atomic E-state index is 9.81. The van der Waals surface area contributed by atoms with Crippen LogP contribution in [0.15, 0.2) is 35.3 Å². The molecule has 1 N–H and O–H groups in total. The number of hydrogen-bond donors (Lipinski definition) is 1. The molecule has 0 bridgehead atoms. The van der Waals surface area contributed by atoms with E-state index in [0.717, 1.165) is 31.3 Å². The zero-order valence-electron chi connectivity index (χ0n) is 10.3. The second-order valence-electron chi connectivity index (χ2n) is 4.74. The number of allylic oxidation sites excluding steroid dienone is 1. The maximum atomic E-state index is 9.81. The number of nitrogens with zero attached hydrogens (tertiary/aromatic N) is 1. The van der Waals surface area contributed by atoms with Crippen LogP contribution in [0.1, 0.15) is 17.5 Å². The van der Waals surface area contributed by atoms with Crippen molar-refractivity contribution in [3.8, 4) is 0 Å². The molecule has 18 heavy (non-hydrogen) atoms. The third kappa shape index (κ3) is 2.40. The molecule has 0 aromatic heterocycles. The molecule has 0 radical (unpaired) electrons. The summed E-state index contributed by atoms with van der Waals surface area (Å²) in [5.41, 5.74) is 4.55. The van der Waals surface area contributed by atoms with E-state index in [1.165, 1.54) is 16.8 Å². The lowest BCUT2D eigenvalue weighted by atomic mass is 9.73. The quantitative estimate of drug-likeness (QED) is 0.798. The molecule has 92 valence electrons. The minimum atomic E-state index is -0.752. The molecule has 0 aliphatic carbocycles. The van der Waals surface area contributed by atoms with Gasteiger partial charge in [-0.2, -0.15) is 0 Å². The molecular weight excluding hydrogens is 225 g/mol. The lowest BCUT2D eigenvalue weighted by Crippen LogP contribution is -2.41. The van der Waals surface area contributed by atoms with Gasteiger partial charge < -0.3 is 9.68 Å². The van der Waals surface area contributed by atoms with Gasteiger partial charge in [0.15, 0.2) is 0 Å². The number of hydrogen-bond acceptors (Lipinski definition) is 3. The van der Waals surface area contributed by atoms with Gasteiger partial charge in [0, 0.05) is 12.3 Å². The van der Waals surface area contributed by atoms with E-state index in [0.29, 0.717) is 6.61 Å². The summed E-state index contributed by atoms with van der Waals surface area (Å²) in [6, 6.07) is 6.33. The summed E-state index contributed by atoms with van der Waals surface area (Å²) in [4.78, 5) is 4.38. The van der Waals surface area contributed by atoms with E-state index in [1.807, 2.05) is 0 Å². The first-order valence-electron chi connectivity index (χ1n) is 6.44. The first-order chi connectivity index (χ1) is 8.83. The van der Waals surface area contributed by atoms with Crippen molar-refractivity contribution in [2.45, 2.75) is 19.3 Å². The van der Waals surface area contributed by atoms with Crippen molar-refractivity contribution in [1.29, 1.82) is 0 Å². The lowest BCUT2D eigenvalue weighted by molar-refractivity contribution is 0.266. The van der Waals surface area contributed by atoms with Crippen LogP contribution in [0.3, 0.4) is 0 Å². The molecule has 1 aromatic carbocycles. The molecule has 0 atom stereocenters. The Kier molecular flexibility index (Phi) is 3.30. The predicted molar refractivity (Wildman–Crippen MR) is 73.5 cm³/mol. The lowest BCUT2D eigenvalue weighted by Gasteiger charge is -2.19. The maximum Gasteiger partial charge on any atom is 0.491 e. The first-order valence-corrected chi connectivity index (χ1v) is 6.44. The van der Waals surface area contributed by atoms with Gasteiger partial charge in [-0.05, 0) is 41.9 Å². The van der Waals surface area contributed by atoms with E-state index in [9.17, 15) is 5.02 Å². The minimum Gasteiger partial charge on any atom is -0.423 e. The van der Waals surface area contributed by atoms with Crippen molar-refractivity contribution in [3.05, 3.63) is 41.5 Å². The summed E-state index contributed by atoms with van der Waals surface area (Å²) in [5, 5.41) is 9.81. The molecule has 0 spiro atoms. The molecule has 3 nitrogen and oxygen atoms in total. The minimum absolute atomic E-state index is 0.606. The summed E-state index contributed by atoms with van der Waals surface area (Å²) in [7, 11) is -0.752. The molecular formula is C14H16BNO2. The van der Waals surface area contributed by atoms with Gasteiger partial charge in [-0.15, -0.1) is 0 Å². The van der Waals surface area contributed by atoms with Gasteiger partial charge in [0.1, 0.15) is 0 Å². The zero-order valence-corrected chi connectivity index (χ0v) is 10.3. The normalized spacial score (nSPS) is 17.8. The fourth-order valence-electron chi connectivity index (χ4n) is 2.47. The molecule has 0 amide bonds. The van der Waals surface area contributed by atoms with Crippen LogP contribution in [0.5, 0.6) is 0 Å². The van der Waals surface area contributed by atoms with Gasteiger partial charge in [0.25, 0.3) is 0 Å². The highest BCUT2D eigenvalue weighted by molar-refractivity contribution is 6.60. The van der Waals surface area contributed by atoms with E-state index in [1.54, 1.807) is 0 Å². The summed E-state index contributed by atoms with van der Waals surface area (Å²) in [5.74, 6) is 0. The van der Waals surface area contributed by atoms with E-state index in [4.69, 9.17) is 4.65 Å². The highest BCUT2D eigenvalue weighted by Gasteiger charge is 2.24. The largest absolute Gasteiger partial charge is 0.491 e. The van der Waals surface area contributed by atoms with Crippen LogP contribution in [0.4, 0.5) is 0 Å². The number of aliphatic imine (C=N–C) groups is 1. The van der Waals surface area contributed by atoms with Gasteiger partial charge in [0.2, 0.25) is 0 Å². The number of fused-ring (bicyclic) bond motifs is 1. The van der Waals surface area contributed by atoms with Crippen LogP contribution in [0.25, 0.3) is 0 Å². The summed E-state index contributed by atoms with van der Waals surface area (Å²) >= 11 is 0. The Bertz CT molecular complexity index is 511. The Labute approximate surface area is 107 Å². The fraction of sp³-hybridized carbons (Fsp3) is 0.357. The van der Waals surface area contributed by atoms with Gasteiger partial charge >= 0.3 is 7.12 Å². The summed E-state index contributed by atoms with van der Waals surface area (Å²) in [6.07, 6.45) is 6.99. The number of aryl methyl sites for hydroxylation is 1. The SMILES string of the molecule is OB1OCCc2ccc(CCC3=NCC=C3)cc21. The topological polar surface area (TPSA) is 41.8 Å². The first kappa shape index (κ1) is 11.7. The molecule has 0 unspecified atom stereocenters. The van der Waals surface area contributed by atoms with E-state index >= 15 is 0 Å². The van der Waals surface area contributed by atoms with Crippen molar-refractivity contribution >= 4 is 18.3 Å². The van der Waals surface area contributed by atoms with Crippen LogP contribution in [0.2, 0.25) is 0 Å². The van der Waals surface area contributed by atoms with Crippen LogP contribution in [-0.4, -0.2) is 31.0 Å². The monoisotopic (exact) mass is 241 g/mol. The Morgan fingerprint density at radius 2 is 2.28 bits per heavy atom. The molecule has 0 saturated carbocycles. The number of benzene rings is 1. The summed E-state index contributed by atoms with van der Waals surface area (Å²) in [6.45, 7) is 1.43. The van der Waals surface area contributed by atoms with Crippen LogP contribution < -0.4 is 5.46 Å². The van der Waals surface area contributed by atoms with E-state index in [2.05, 4.69) is 35.3 Å². The van der Waals surface area contributed by atoms with Gasteiger partial charge in [-0.3, -0.25) is 4.99 Å². The third-order valence-corrected chi connectivity index (χ3v) is 3.50. The van der Waals surface area contributed by atoms with Crippen molar-refractivity contribution < 1.29 is 9.68 Å². The standard InChI is InChI=1S/C14H16BNO2/c17-15-14-10-11(3-5-12(14)7-9-18-15)4-6-13-2-1-8-16-13/h1-3,5,10,17H,4,6-9H2. The highest BCUT2D eigenvalue weighted by Crippen LogP contribution is 2.11. The van der Waals surface area contributed by atoms with Crippen LogP contribution >= 0.6 is 0 Å². The molecule has 2 aliphatic heterocycles. The van der Waals surface area contributed by atoms with Crippen molar-refractivity contribution in [3.63, 3.8) is 0 Å². The van der Waals surface area contributed by atoms with Gasteiger partial charge in [-0.1, -0.05) is 24.3 Å². The smallest absolute Gasteiger partial charge is 0.423 e. The fourth-order valence-corrected chi connectivity index (χ4v) is 2.47. The Morgan fingerprint density at radius 3 is 3.11 bits per heavy atom. The van der Waals surface area contributed by atoms with Crippen molar-refractivity contribution in [2.75, 3.05) is 13.2 Å². The Hall–Kier alpha value is -1.39. The van der Waals surface area contributed by atoms with Crippen molar-refractivity contribution in [2.24, 2.45) is 4.99 Å². The van der Waals surface area contributed by atoms with Crippen molar-refractivity contribution in [1.82, 2.24) is 0 Å². The second-order valence-corrected chi connectivity index (χ2v) is 4.74. The molecule has 4 heteroatoms.